The molecule has 0 aromatic carbocycles. The van der Waals surface area contributed by atoms with Gasteiger partial charge in [0.1, 0.15) is 0 Å². The smallest absolute Gasteiger partial charge is 0.274 e. The van der Waals surface area contributed by atoms with E-state index in [-0.39, 0.29) is 5.91 Å². The highest BCUT2D eigenvalue weighted by Crippen LogP contribution is 2.25. The SMILES string of the molecule is CN(C)C(=O)c1nn(C)c2c1CC(NCCc1ccncc1)CC2. The molecule has 128 valence electrons. The lowest BCUT2D eigenvalue weighted by atomic mass is 9.91. The second-order valence-electron chi connectivity index (χ2n) is 6.60. The van der Waals surface area contributed by atoms with Crippen molar-refractivity contribution >= 4 is 5.91 Å². The number of amides is 1. The zero-order chi connectivity index (χ0) is 17.1. The molecule has 1 unspecified atom stereocenters. The zero-order valence-electron chi connectivity index (χ0n) is 14.6. The van der Waals surface area contributed by atoms with Crippen LogP contribution in [0.4, 0.5) is 0 Å². The second kappa shape index (κ2) is 7.13. The Labute approximate surface area is 142 Å². The van der Waals surface area contributed by atoms with E-state index in [1.807, 2.05) is 24.1 Å². The molecule has 0 spiro atoms. The molecule has 1 aliphatic rings. The first-order valence-corrected chi connectivity index (χ1v) is 8.45. The quantitative estimate of drug-likeness (QED) is 0.896. The van der Waals surface area contributed by atoms with Gasteiger partial charge in [0.05, 0.1) is 0 Å². The molecule has 3 rings (SSSR count). The summed E-state index contributed by atoms with van der Waals surface area (Å²) in [5.41, 5.74) is 4.22. The summed E-state index contributed by atoms with van der Waals surface area (Å²) in [4.78, 5) is 18.0. The van der Waals surface area contributed by atoms with E-state index in [0.717, 1.165) is 37.8 Å². The third kappa shape index (κ3) is 3.48. The number of hydrogen-bond donors (Lipinski definition) is 1. The van der Waals surface area contributed by atoms with Crippen LogP contribution in [0.25, 0.3) is 0 Å². The van der Waals surface area contributed by atoms with Crippen molar-refractivity contribution < 1.29 is 4.79 Å². The predicted molar refractivity (Wildman–Crippen MR) is 93.0 cm³/mol. The zero-order valence-corrected chi connectivity index (χ0v) is 14.6. The summed E-state index contributed by atoms with van der Waals surface area (Å²) in [5.74, 6) is -0.00992. The predicted octanol–water partition coefficient (Wildman–Crippen LogP) is 1.21. The second-order valence-corrected chi connectivity index (χ2v) is 6.60. The fourth-order valence-electron chi connectivity index (χ4n) is 3.32. The number of carbonyl (C=O) groups excluding carboxylic acids is 1. The van der Waals surface area contributed by atoms with E-state index >= 15 is 0 Å². The van der Waals surface area contributed by atoms with Gasteiger partial charge in [-0.25, -0.2) is 0 Å². The molecule has 0 radical (unpaired) electrons. The fourth-order valence-corrected chi connectivity index (χ4v) is 3.32. The Bertz CT molecular complexity index is 708. The third-order valence-corrected chi connectivity index (χ3v) is 4.66. The van der Waals surface area contributed by atoms with E-state index < -0.39 is 0 Å². The standard InChI is InChI=1S/C18H25N5O/c1-22(2)18(24)17-15-12-14(4-5-16(15)23(3)21-17)20-11-8-13-6-9-19-10-7-13/h6-7,9-10,14,20H,4-5,8,11-12H2,1-3H3. The van der Waals surface area contributed by atoms with Gasteiger partial charge in [0.2, 0.25) is 0 Å². The van der Waals surface area contributed by atoms with Gasteiger partial charge >= 0.3 is 0 Å². The number of nitrogens with one attached hydrogen (secondary N) is 1. The number of carbonyl (C=O) groups is 1. The van der Waals surface area contributed by atoms with Crippen LogP contribution in [-0.4, -0.2) is 52.3 Å². The molecule has 0 fully saturated rings. The maximum atomic E-state index is 12.4. The molecule has 0 aliphatic heterocycles. The molecule has 2 heterocycles. The van der Waals surface area contributed by atoms with Crippen LogP contribution in [0.2, 0.25) is 0 Å². The Morgan fingerprint density at radius 3 is 2.83 bits per heavy atom. The summed E-state index contributed by atoms with van der Waals surface area (Å²) in [6.07, 6.45) is 7.57. The number of aromatic nitrogens is 3. The van der Waals surface area contributed by atoms with Crippen molar-refractivity contribution in [2.24, 2.45) is 7.05 Å². The summed E-state index contributed by atoms with van der Waals surface area (Å²) < 4.78 is 1.87. The number of fused-ring (bicyclic) bond motifs is 1. The van der Waals surface area contributed by atoms with Gasteiger partial charge in [-0.3, -0.25) is 14.5 Å². The first-order chi connectivity index (χ1) is 11.6. The number of rotatable bonds is 5. The number of pyridine rings is 1. The first kappa shape index (κ1) is 16.6. The van der Waals surface area contributed by atoms with Crippen molar-refractivity contribution in [2.45, 2.75) is 31.7 Å². The average Bonchev–Trinajstić information content (AvgIpc) is 2.91. The van der Waals surface area contributed by atoms with E-state index in [4.69, 9.17) is 0 Å². The summed E-state index contributed by atoms with van der Waals surface area (Å²) in [6.45, 7) is 0.932. The van der Waals surface area contributed by atoms with Crippen LogP contribution in [0, 0.1) is 0 Å². The van der Waals surface area contributed by atoms with Crippen LogP contribution in [-0.2, 0) is 26.3 Å². The topological polar surface area (TPSA) is 63.1 Å². The summed E-state index contributed by atoms with van der Waals surface area (Å²) in [5, 5.41) is 8.10. The minimum atomic E-state index is -0.00992. The van der Waals surface area contributed by atoms with Crippen LogP contribution < -0.4 is 5.32 Å². The van der Waals surface area contributed by atoms with Crippen LogP contribution in [0.3, 0.4) is 0 Å². The molecule has 0 saturated heterocycles. The first-order valence-electron chi connectivity index (χ1n) is 8.45. The molecule has 24 heavy (non-hydrogen) atoms. The van der Waals surface area contributed by atoms with E-state index in [1.165, 1.54) is 11.3 Å². The van der Waals surface area contributed by atoms with Crippen molar-refractivity contribution in [3.8, 4) is 0 Å². The Morgan fingerprint density at radius 1 is 1.38 bits per heavy atom. The highest BCUT2D eigenvalue weighted by Gasteiger charge is 2.28. The van der Waals surface area contributed by atoms with Gasteiger partial charge in [0.15, 0.2) is 5.69 Å². The molecule has 1 atom stereocenters. The van der Waals surface area contributed by atoms with Crippen molar-refractivity contribution in [1.29, 1.82) is 0 Å². The van der Waals surface area contributed by atoms with Crippen LogP contribution in [0.15, 0.2) is 24.5 Å². The molecular formula is C18H25N5O. The fraction of sp³-hybridized carbons (Fsp3) is 0.500. The van der Waals surface area contributed by atoms with Gasteiger partial charge < -0.3 is 10.2 Å². The summed E-state index contributed by atoms with van der Waals surface area (Å²) >= 11 is 0. The van der Waals surface area contributed by atoms with Gasteiger partial charge in [-0.05, 0) is 49.9 Å². The summed E-state index contributed by atoms with van der Waals surface area (Å²) in [6, 6.07) is 4.50. The van der Waals surface area contributed by atoms with E-state index in [9.17, 15) is 4.79 Å². The minimum Gasteiger partial charge on any atom is -0.343 e. The van der Waals surface area contributed by atoms with Gasteiger partial charge in [-0.15, -0.1) is 0 Å². The molecule has 0 saturated carbocycles. The van der Waals surface area contributed by atoms with E-state index in [0.29, 0.717) is 11.7 Å². The van der Waals surface area contributed by atoms with Crippen molar-refractivity contribution in [2.75, 3.05) is 20.6 Å². The van der Waals surface area contributed by atoms with E-state index in [1.54, 1.807) is 19.0 Å². The largest absolute Gasteiger partial charge is 0.343 e. The average molecular weight is 327 g/mol. The molecule has 6 heteroatoms. The molecule has 2 aromatic heterocycles. The lowest BCUT2D eigenvalue weighted by Crippen LogP contribution is -2.36. The number of aryl methyl sites for hydroxylation is 1. The lowest BCUT2D eigenvalue weighted by molar-refractivity contribution is 0.0820. The van der Waals surface area contributed by atoms with Crippen molar-refractivity contribution in [3.63, 3.8) is 0 Å². The third-order valence-electron chi connectivity index (χ3n) is 4.66. The molecular weight excluding hydrogens is 302 g/mol. The van der Waals surface area contributed by atoms with Crippen LogP contribution in [0.5, 0.6) is 0 Å². The highest BCUT2D eigenvalue weighted by molar-refractivity contribution is 5.93. The Morgan fingerprint density at radius 2 is 2.12 bits per heavy atom. The Balaban J connectivity index is 1.64. The molecule has 0 bridgehead atoms. The van der Waals surface area contributed by atoms with Crippen LogP contribution in [0.1, 0.15) is 33.7 Å². The molecule has 2 aromatic rings. The van der Waals surface area contributed by atoms with Gasteiger partial charge in [0.25, 0.3) is 5.91 Å². The minimum absolute atomic E-state index is 0.00992. The van der Waals surface area contributed by atoms with Crippen molar-refractivity contribution in [3.05, 3.63) is 47.0 Å². The molecule has 1 N–H and O–H groups in total. The summed E-state index contributed by atoms with van der Waals surface area (Å²) in [7, 11) is 5.48. The normalized spacial score (nSPS) is 16.7. The van der Waals surface area contributed by atoms with Gasteiger partial charge in [0, 0.05) is 50.8 Å². The van der Waals surface area contributed by atoms with Crippen molar-refractivity contribution in [1.82, 2.24) is 25.0 Å². The van der Waals surface area contributed by atoms with Gasteiger partial charge in [-0.1, -0.05) is 0 Å². The lowest BCUT2D eigenvalue weighted by Gasteiger charge is -2.24. The molecule has 6 nitrogen and oxygen atoms in total. The monoisotopic (exact) mass is 327 g/mol. The Hall–Kier alpha value is -2.21. The number of hydrogen-bond acceptors (Lipinski definition) is 4. The maximum absolute atomic E-state index is 12.4. The molecule has 1 amide bonds. The Kier molecular flexibility index (Phi) is 4.94. The molecule has 1 aliphatic carbocycles. The highest BCUT2D eigenvalue weighted by atomic mass is 16.2. The number of nitrogens with zero attached hydrogens (tertiary/aromatic N) is 4. The maximum Gasteiger partial charge on any atom is 0.274 e. The van der Waals surface area contributed by atoms with Crippen LogP contribution >= 0.6 is 0 Å². The van der Waals surface area contributed by atoms with Gasteiger partial charge in [-0.2, -0.15) is 5.10 Å². The van der Waals surface area contributed by atoms with E-state index in [2.05, 4.69) is 27.5 Å².